The lowest BCUT2D eigenvalue weighted by molar-refractivity contribution is -0.390. The molecule has 2 rings (SSSR count). The Bertz CT molecular complexity index is 791. The number of nitro groups is 1. The fourth-order valence-corrected chi connectivity index (χ4v) is 1.91. The molecule has 0 saturated carbocycles. The van der Waals surface area contributed by atoms with E-state index >= 15 is 0 Å². The number of nitrogens with two attached hydrogens (primary N) is 1. The van der Waals surface area contributed by atoms with Crippen LogP contribution in [0, 0.1) is 10.1 Å². The highest BCUT2D eigenvalue weighted by Gasteiger charge is 2.16. The van der Waals surface area contributed by atoms with Crippen LogP contribution >= 0.6 is 0 Å². The van der Waals surface area contributed by atoms with Gasteiger partial charge in [-0.15, -0.1) is 0 Å². The third kappa shape index (κ3) is 5.44. The molecule has 0 aliphatic carbocycles. The molecule has 0 saturated heterocycles. The fourth-order valence-electron chi connectivity index (χ4n) is 1.91. The van der Waals surface area contributed by atoms with Gasteiger partial charge in [-0.2, -0.15) is 0 Å². The molecule has 8 heteroatoms. The number of hydrogen-bond donors (Lipinski definition) is 1. The molecule has 0 bridgehead atoms. The first kappa shape index (κ1) is 20.9. The Balaban J connectivity index is 0.000000263. The first-order valence-electron chi connectivity index (χ1n) is 7.84. The quantitative estimate of drug-likeness (QED) is 0.636. The molecule has 0 aliphatic heterocycles. The van der Waals surface area contributed by atoms with Crippen molar-refractivity contribution < 1.29 is 14.4 Å². The third-order valence-electron chi connectivity index (χ3n) is 3.51. The number of methoxy groups -OCH3 is 2. The Kier molecular flexibility index (Phi) is 7.52. The van der Waals surface area contributed by atoms with Crippen LogP contribution in [0.4, 0.5) is 11.6 Å². The lowest BCUT2D eigenvalue weighted by Gasteiger charge is -2.08. The zero-order valence-corrected chi connectivity index (χ0v) is 15.6. The number of allylic oxidation sites excluding steroid dienone is 1. The van der Waals surface area contributed by atoms with Crippen LogP contribution in [0.2, 0.25) is 0 Å². The highest BCUT2D eigenvalue weighted by atomic mass is 16.6. The molecule has 26 heavy (non-hydrogen) atoms. The molecule has 0 aliphatic rings. The van der Waals surface area contributed by atoms with Crippen LogP contribution in [-0.2, 0) is 0 Å². The highest BCUT2D eigenvalue weighted by molar-refractivity contribution is 5.63. The number of rotatable bonds is 5. The van der Waals surface area contributed by atoms with Gasteiger partial charge in [-0.1, -0.05) is 20.4 Å². The molecule has 0 unspecified atom stereocenters. The number of pyridine rings is 2. The van der Waals surface area contributed by atoms with Crippen molar-refractivity contribution >= 4 is 17.2 Å². The first-order valence-corrected chi connectivity index (χ1v) is 7.84. The summed E-state index contributed by atoms with van der Waals surface area (Å²) in [5.74, 6) is 1.42. The van der Waals surface area contributed by atoms with Crippen molar-refractivity contribution in [1.82, 2.24) is 9.97 Å². The van der Waals surface area contributed by atoms with Gasteiger partial charge in [0, 0.05) is 17.8 Å². The van der Waals surface area contributed by atoms with E-state index in [0.29, 0.717) is 17.5 Å². The molecule has 2 heterocycles. The van der Waals surface area contributed by atoms with E-state index in [1.807, 2.05) is 6.07 Å². The summed E-state index contributed by atoms with van der Waals surface area (Å²) in [5.41, 5.74) is 8.22. The van der Waals surface area contributed by atoms with Crippen LogP contribution in [0.15, 0.2) is 31.1 Å². The van der Waals surface area contributed by atoms with Crippen LogP contribution in [0.5, 0.6) is 11.5 Å². The van der Waals surface area contributed by atoms with Crippen LogP contribution in [-0.4, -0.2) is 29.1 Å². The van der Waals surface area contributed by atoms with Gasteiger partial charge in [0.2, 0.25) is 5.75 Å². The average molecular weight is 360 g/mol. The predicted octanol–water partition coefficient (Wildman–Crippen LogP) is 3.83. The second-order valence-corrected chi connectivity index (χ2v) is 5.80. The smallest absolute Gasteiger partial charge is 0.406 e. The first-order chi connectivity index (χ1) is 12.2. The minimum atomic E-state index is -0.582. The van der Waals surface area contributed by atoms with Crippen molar-refractivity contribution in [2.75, 3.05) is 20.0 Å². The van der Waals surface area contributed by atoms with Crippen LogP contribution < -0.4 is 15.2 Å². The fraction of sp³-hybridized carbons (Fsp3) is 0.333. The molecule has 0 fully saturated rings. The maximum Gasteiger partial charge on any atom is 0.406 e. The van der Waals surface area contributed by atoms with E-state index in [0.717, 1.165) is 16.7 Å². The molecular formula is C18H24N4O4. The molecule has 2 aromatic heterocycles. The Morgan fingerprint density at radius 2 is 1.81 bits per heavy atom. The second kappa shape index (κ2) is 9.36. The summed E-state index contributed by atoms with van der Waals surface area (Å²) < 4.78 is 9.90. The van der Waals surface area contributed by atoms with E-state index in [1.165, 1.54) is 13.3 Å². The zero-order chi connectivity index (χ0) is 19.9. The molecule has 8 nitrogen and oxygen atoms in total. The third-order valence-corrected chi connectivity index (χ3v) is 3.51. The maximum absolute atomic E-state index is 10.5. The van der Waals surface area contributed by atoms with Crippen molar-refractivity contribution in [3.05, 3.63) is 52.3 Å². The zero-order valence-electron chi connectivity index (χ0n) is 15.6. The van der Waals surface area contributed by atoms with Crippen LogP contribution in [0.25, 0.3) is 5.57 Å². The maximum atomic E-state index is 10.5. The standard InChI is InChI=1S/C9H10N2O3.C9H14N2O/c1-6(2)7-4-8(14-3)9(10-5-7)11(12)13;1-6(2)7-4-8(12-3)9(10)11-5-7/h4-5H,1H2,2-3H3;4-6H,1-3H3,(H2,10,11). The Morgan fingerprint density at radius 1 is 1.19 bits per heavy atom. The van der Waals surface area contributed by atoms with Crippen molar-refractivity contribution in [3.63, 3.8) is 0 Å². The average Bonchev–Trinajstić information content (AvgIpc) is 2.61. The minimum Gasteiger partial charge on any atom is -0.493 e. The van der Waals surface area contributed by atoms with Crippen LogP contribution in [0.1, 0.15) is 37.8 Å². The van der Waals surface area contributed by atoms with Gasteiger partial charge in [0.05, 0.1) is 14.2 Å². The Hall–Kier alpha value is -3.16. The molecular weight excluding hydrogens is 336 g/mol. The number of nitrogens with zero attached hydrogens (tertiary/aromatic N) is 3. The largest absolute Gasteiger partial charge is 0.493 e. The van der Waals surface area contributed by atoms with E-state index in [4.69, 9.17) is 15.2 Å². The molecule has 2 aromatic rings. The van der Waals surface area contributed by atoms with Gasteiger partial charge >= 0.3 is 5.82 Å². The molecule has 0 spiro atoms. The van der Waals surface area contributed by atoms with E-state index < -0.39 is 4.92 Å². The number of anilines is 1. The summed E-state index contributed by atoms with van der Waals surface area (Å²) >= 11 is 0. The van der Waals surface area contributed by atoms with Crippen molar-refractivity contribution in [2.24, 2.45) is 0 Å². The van der Waals surface area contributed by atoms with Gasteiger partial charge in [-0.25, -0.2) is 4.98 Å². The van der Waals surface area contributed by atoms with Gasteiger partial charge in [0.25, 0.3) is 0 Å². The van der Waals surface area contributed by atoms with E-state index in [2.05, 4.69) is 30.4 Å². The van der Waals surface area contributed by atoms with Gasteiger partial charge in [-0.3, -0.25) is 0 Å². The summed E-state index contributed by atoms with van der Waals surface area (Å²) in [4.78, 5) is 17.6. The Labute approximate surface area is 152 Å². The summed E-state index contributed by atoms with van der Waals surface area (Å²) in [6, 6.07) is 3.47. The van der Waals surface area contributed by atoms with E-state index in [-0.39, 0.29) is 11.6 Å². The van der Waals surface area contributed by atoms with Gasteiger partial charge in [0.15, 0.2) is 11.6 Å². The summed E-state index contributed by atoms with van der Waals surface area (Å²) in [5, 5.41) is 10.5. The number of ether oxygens (including phenoxy) is 2. The summed E-state index contributed by atoms with van der Waals surface area (Å²) in [7, 11) is 2.96. The van der Waals surface area contributed by atoms with Crippen LogP contribution in [0.3, 0.4) is 0 Å². The lowest BCUT2D eigenvalue weighted by Crippen LogP contribution is -1.98. The molecule has 0 radical (unpaired) electrons. The second-order valence-electron chi connectivity index (χ2n) is 5.80. The van der Waals surface area contributed by atoms with Crippen molar-refractivity contribution in [2.45, 2.75) is 26.7 Å². The molecule has 0 atom stereocenters. The van der Waals surface area contributed by atoms with Crippen molar-refractivity contribution in [3.8, 4) is 11.5 Å². The van der Waals surface area contributed by atoms with E-state index in [1.54, 1.807) is 26.3 Å². The summed E-state index contributed by atoms with van der Waals surface area (Å²) in [6.45, 7) is 9.71. The van der Waals surface area contributed by atoms with Gasteiger partial charge in [0.1, 0.15) is 6.20 Å². The molecule has 140 valence electrons. The molecule has 0 amide bonds. The molecule has 0 aromatic carbocycles. The number of hydrogen-bond acceptors (Lipinski definition) is 7. The SMILES string of the molecule is C=C(C)c1cnc([N+](=O)[O-])c(OC)c1.COc1cc(C(C)C)cnc1N. The topological polar surface area (TPSA) is 113 Å². The number of nitrogen functional groups attached to an aromatic ring is 1. The van der Waals surface area contributed by atoms with E-state index in [9.17, 15) is 10.1 Å². The number of aromatic nitrogens is 2. The monoisotopic (exact) mass is 360 g/mol. The summed E-state index contributed by atoms with van der Waals surface area (Å²) in [6.07, 6.45) is 3.19. The Morgan fingerprint density at radius 3 is 2.27 bits per heavy atom. The van der Waals surface area contributed by atoms with Gasteiger partial charge in [-0.05, 0) is 40.0 Å². The normalized spacial score (nSPS) is 9.92. The highest BCUT2D eigenvalue weighted by Crippen LogP contribution is 2.26. The predicted molar refractivity (Wildman–Crippen MR) is 101 cm³/mol. The lowest BCUT2D eigenvalue weighted by atomic mass is 10.1. The minimum absolute atomic E-state index is 0.149. The molecule has 2 N–H and O–H groups in total. The van der Waals surface area contributed by atoms with Crippen molar-refractivity contribution in [1.29, 1.82) is 0 Å². The van der Waals surface area contributed by atoms with Gasteiger partial charge < -0.3 is 25.3 Å².